The minimum atomic E-state index is -5.26. The molecule has 0 spiro atoms. The number of nitrogens with zero attached hydrogens (tertiary/aromatic N) is 1. The molecule has 11 heteroatoms. The van der Waals surface area contributed by atoms with Gasteiger partial charge >= 0.3 is 18.3 Å². The normalized spacial score (nSPS) is 16.9. The Bertz CT molecular complexity index is 1120. The molecule has 2 aromatic rings. The third-order valence-corrected chi connectivity index (χ3v) is 7.18. The highest BCUT2D eigenvalue weighted by Crippen LogP contribution is 2.48. The standard InChI is InChI=1S/C25H24F7NO2S/c1-16-6-3-4-8-18(16)36-19-10-9-17(20(24(27,28)29)21(19)25(30,31)32)7-5-13-33-14-11-23(26,12-15-33)22(34)35-2/h3-10H,11-15H2,1-2H3/b7-5+. The second-order valence-electron chi connectivity index (χ2n) is 8.43. The van der Waals surface area contributed by atoms with Crippen LogP contribution in [0.3, 0.4) is 0 Å². The molecule has 0 unspecified atom stereocenters. The van der Waals surface area contributed by atoms with Gasteiger partial charge in [0.15, 0.2) is 0 Å². The zero-order valence-electron chi connectivity index (χ0n) is 19.5. The number of ether oxygens (including phenoxy) is 1. The molecular formula is C25H24F7NO2S. The van der Waals surface area contributed by atoms with Gasteiger partial charge in [-0.1, -0.05) is 48.2 Å². The molecule has 196 valence electrons. The highest BCUT2D eigenvalue weighted by molar-refractivity contribution is 7.99. The average molecular weight is 536 g/mol. The third kappa shape index (κ3) is 6.42. The monoisotopic (exact) mass is 535 g/mol. The molecule has 36 heavy (non-hydrogen) atoms. The van der Waals surface area contributed by atoms with E-state index in [1.165, 1.54) is 6.08 Å². The van der Waals surface area contributed by atoms with Crippen molar-refractivity contribution < 1.29 is 40.3 Å². The fraction of sp³-hybridized carbons (Fsp3) is 0.400. The molecule has 1 heterocycles. The van der Waals surface area contributed by atoms with Gasteiger partial charge in [0.05, 0.1) is 18.2 Å². The van der Waals surface area contributed by atoms with Gasteiger partial charge in [-0.2, -0.15) is 26.3 Å². The summed E-state index contributed by atoms with van der Waals surface area (Å²) in [7, 11) is 1.08. The van der Waals surface area contributed by atoms with Crippen LogP contribution in [0.1, 0.15) is 35.1 Å². The number of rotatable bonds is 6. The largest absolute Gasteiger partial charge is 0.467 e. The number of hydrogen-bond donors (Lipinski definition) is 0. The van der Waals surface area contributed by atoms with Crippen LogP contribution in [0.5, 0.6) is 0 Å². The lowest BCUT2D eigenvalue weighted by Crippen LogP contribution is -2.46. The number of esters is 1. The van der Waals surface area contributed by atoms with Gasteiger partial charge in [0.1, 0.15) is 0 Å². The summed E-state index contributed by atoms with van der Waals surface area (Å²) >= 11 is 0.632. The Balaban J connectivity index is 1.90. The number of aryl methyl sites for hydroxylation is 1. The maximum absolute atomic E-state index is 14.5. The quantitative estimate of drug-likeness (QED) is 0.290. The molecule has 3 rings (SSSR count). The van der Waals surface area contributed by atoms with Crippen molar-refractivity contribution in [2.45, 2.75) is 47.6 Å². The first-order chi connectivity index (χ1) is 16.8. The number of alkyl halides is 7. The molecule has 3 nitrogen and oxygen atoms in total. The van der Waals surface area contributed by atoms with E-state index >= 15 is 0 Å². The Morgan fingerprint density at radius 1 is 1.00 bits per heavy atom. The molecule has 0 N–H and O–H groups in total. The predicted molar refractivity (Wildman–Crippen MR) is 122 cm³/mol. The molecule has 1 fully saturated rings. The van der Waals surface area contributed by atoms with Crippen LogP contribution >= 0.6 is 11.8 Å². The third-order valence-electron chi connectivity index (χ3n) is 5.94. The molecule has 0 aromatic heterocycles. The molecule has 2 aromatic carbocycles. The van der Waals surface area contributed by atoms with Gasteiger partial charge in [-0.3, -0.25) is 4.90 Å². The molecule has 1 aliphatic rings. The van der Waals surface area contributed by atoms with E-state index in [9.17, 15) is 35.5 Å². The summed E-state index contributed by atoms with van der Waals surface area (Å²) in [6.45, 7) is 2.02. The van der Waals surface area contributed by atoms with Crippen LogP contribution < -0.4 is 0 Å². The first kappa shape index (κ1) is 28.0. The Labute approximate surface area is 208 Å². The Morgan fingerprint density at radius 2 is 1.61 bits per heavy atom. The summed E-state index contributed by atoms with van der Waals surface area (Å²) in [6, 6.07) is 8.56. The van der Waals surface area contributed by atoms with Crippen molar-refractivity contribution in [3.8, 4) is 0 Å². The average Bonchev–Trinajstić information content (AvgIpc) is 2.80. The molecule has 0 atom stereocenters. The molecule has 1 saturated heterocycles. The summed E-state index contributed by atoms with van der Waals surface area (Å²) in [5.74, 6) is -0.976. The van der Waals surface area contributed by atoms with Gasteiger partial charge in [-0.25, -0.2) is 9.18 Å². The van der Waals surface area contributed by atoms with Gasteiger partial charge in [0, 0.05) is 42.3 Å². The van der Waals surface area contributed by atoms with Crippen molar-refractivity contribution in [2.75, 3.05) is 26.7 Å². The van der Waals surface area contributed by atoms with Crippen LogP contribution in [0, 0.1) is 6.92 Å². The first-order valence-corrected chi connectivity index (χ1v) is 11.8. The van der Waals surface area contributed by atoms with E-state index in [2.05, 4.69) is 4.74 Å². The zero-order valence-corrected chi connectivity index (χ0v) is 20.3. The number of hydrogen-bond acceptors (Lipinski definition) is 4. The zero-order chi connectivity index (χ0) is 26.7. The number of carbonyl (C=O) groups is 1. The van der Waals surface area contributed by atoms with Gasteiger partial charge in [-0.15, -0.1) is 0 Å². The van der Waals surface area contributed by atoms with Crippen LogP contribution in [0.15, 0.2) is 52.3 Å². The number of piperidine rings is 1. The lowest BCUT2D eigenvalue weighted by molar-refractivity contribution is -0.163. The van der Waals surface area contributed by atoms with E-state index in [1.807, 2.05) is 0 Å². The highest BCUT2D eigenvalue weighted by atomic mass is 32.2. The molecule has 0 radical (unpaired) electrons. The first-order valence-electron chi connectivity index (χ1n) is 11.0. The molecular weight excluding hydrogens is 511 g/mol. The molecule has 1 aliphatic heterocycles. The minimum Gasteiger partial charge on any atom is -0.467 e. The summed E-state index contributed by atoms with van der Waals surface area (Å²) in [6.07, 6.45) is -8.49. The van der Waals surface area contributed by atoms with E-state index in [-0.39, 0.29) is 32.5 Å². The smallest absolute Gasteiger partial charge is 0.418 e. The van der Waals surface area contributed by atoms with Gasteiger partial charge in [-0.05, 0) is 30.2 Å². The number of likely N-dealkylation sites (tertiary alicyclic amines) is 1. The molecule has 0 aliphatic carbocycles. The van der Waals surface area contributed by atoms with Gasteiger partial charge < -0.3 is 4.74 Å². The lowest BCUT2D eigenvalue weighted by atomic mass is 9.93. The van der Waals surface area contributed by atoms with E-state index < -0.39 is 45.6 Å². The summed E-state index contributed by atoms with van der Waals surface area (Å²) in [4.78, 5) is 13.1. The summed E-state index contributed by atoms with van der Waals surface area (Å²) < 4.78 is 103. The fourth-order valence-electron chi connectivity index (χ4n) is 4.01. The SMILES string of the molecule is COC(=O)C1(F)CCN(C/C=C/c2ccc(Sc3ccccc3C)c(C(F)(F)F)c2C(F)(F)F)CC1. The Kier molecular flexibility index (Phi) is 8.44. The molecule has 0 bridgehead atoms. The second-order valence-corrected chi connectivity index (χ2v) is 9.51. The molecule has 0 saturated carbocycles. The predicted octanol–water partition coefficient (Wildman–Crippen LogP) is 7.17. The van der Waals surface area contributed by atoms with Crippen molar-refractivity contribution in [1.82, 2.24) is 4.90 Å². The van der Waals surface area contributed by atoms with Crippen LogP contribution in [-0.2, 0) is 21.9 Å². The van der Waals surface area contributed by atoms with Crippen molar-refractivity contribution >= 4 is 23.8 Å². The van der Waals surface area contributed by atoms with Gasteiger partial charge in [0.25, 0.3) is 0 Å². The van der Waals surface area contributed by atoms with Crippen LogP contribution in [0.4, 0.5) is 30.7 Å². The summed E-state index contributed by atoms with van der Waals surface area (Å²) in [5.41, 5.74) is -5.58. The molecule has 0 amide bonds. The van der Waals surface area contributed by atoms with Crippen molar-refractivity contribution in [1.29, 1.82) is 0 Å². The van der Waals surface area contributed by atoms with Crippen molar-refractivity contribution in [3.63, 3.8) is 0 Å². The van der Waals surface area contributed by atoms with Crippen LogP contribution in [0.2, 0.25) is 0 Å². The highest BCUT2D eigenvalue weighted by Gasteiger charge is 2.46. The van der Waals surface area contributed by atoms with E-state index in [0.29, 0.717) is 22.2 Å². The van der Waals surface area contributed by atoms with Crippen LogP contribution in [0.25, 0.3) is 6.08 Å². The van der Waals surface area contributed by atoms with Crippen molar-refractivity contribution in [3.05, 3.63) is 64.7 Å². The van der Waals surface area contributed by atoms with E-state index in [1.54, 1.807) is 36.1 Å². The maximum Gasteiger partial charge on any atom is 0.418 e. The lowest BCUT2D eigenvalue weighted by Gasteiger charge is -2.33. The van der Waals surface area contributed by atoms with Crippen molar-refractivity contribution in [2.24, 2.45) is 0 Å². The Hall–Kier alpha value is -2.53. The number of methoxy groups -OCH3 is 1. The number of benzene rings is 2. The van der Waals surface area contributed by atoms with Crippen LogP contribution in [-0.4, -0.2) is 43.3 Å². The fourth-order valence-corrected chi connectivity index (χ4v) is 5.07. The second kappa shape index (κ2) is 10.8. The topological polar surface area (TPSA) is 29.5 Å². The maximum atomic E-state index is 14.5. The Morgan fingerprint density at radius 3 is 2.17 bits per heavy atom. The minimum absolute atomic E-state index is 0.0790. The number of halogens is 7. The van der Waals surface area contributed by atoms with E-state index in [0.717, 1.165) is 25.3 Å². The van der Waals surface area contributed by atoms with Gasteiger partial charge in [0.2, 0.25) is 5.67 Å². The summed E-state index contributed by atoms with van der Waals surface area (Å²) in [5, 5.41) is 0. The van der Waals surface area contributed by atoms with E-state index in [4.69, 9.17) is 0 Å². The number of carbonyl (C=O) groups excluding carboxylic acids is 1.